The van der Waals surface area contributed by atoms with Crippen molar-refractivity contribution in [1.82, 2.24) is 15.0 Å². The number of alkyl halides is 3. The fourth-order valence-corrected chi connectivity index (χ4v) is 6.53. The number of fused-ring (bicyclic) bond motifs is 4. The Balaban J connectivity index is 1.12. The maximum atomic E-state index is 13.1. The van der Waals surface area contributed by atoms with Gasteiger partial charge in [-0.3, -0.25) is 9.78 Å². The molecule has 3 fully saturated rings. The minimum absolute atomic E-state index is 0.0250. The minimum Gasteiger partial charge on any atom is -0.302 e. The van der Waals surface area contributed by atoms with Gasteiger partial charge in [0, 0.05) is 30.4 Å². The van der Waals surface area contributed by atoms with Gasteiger partial charge < -0.3 is 5.32 Å². The normalized spacial score (nSPS) is 22.2. The molecule has 0 spiro atoms. The van der Waals surface area contributed by atoms with Crippen LogP contribution >= 0.6 is 11.3 Å². The quantitative estimate of drug-likeness (QED) is 0.295. The summed E-state index contributed by atoms with van der Waals surface area (Å²) in [6.07, 6.45) is 4.78. The van der Waals surface area contributed by atoms with Gasteiger partial charge >= 0.3 is 6.18 Å². The van der Waals surface area contributed by atoms with E-state index in [1.807, 2.05) is 30.3 Å². The first-order chi connectivity index (χ1) is 18.3. The number of hydrogen-bond donors (Lipinski definition) is 1. The first kappa shape index (κ1) is 24.7. The lowest BCUT2D eigenvalue weighted by Crippen LogP contribution is -2.39. The summed E-state index contributed by atoms with van der Waals surface area (Å²) in [7, 11) is 0. The Labute approximate surface area is 221 Å². The lowest BCUT2D eigenvalue weighted by molar-refractivity contribution is -0.137. The van der Waals surface area contributed by atoms with Crippen molar-refractivity contribution < 1.29 is 18.0 Å². The molecule has 3 aliphatic rings. The van der Waals surface area contributed by atoms with Gasteiger partial charge in [-0.05, 0) is 72.9 Å². The highest BCUT2D eigenvalue weighted by atomic mass is 32.1. The van der Waals surface area contributed by atoms with Gasteiger partial charge in [-0.1, -0.05) is 47.3 Å². The molecule has 0 saturated heterocycles. The monoisotopic (exact) mass is 534 g/mol. The molecule has 5 nitrogen and oxygen atoms in total. The largest absolute Gasteiger partial charge is 0.417 e. The molecule has 9 heteroatoms. The van der Waals surface area contributed by atoms with Crippen LogP contribution in [0.25, 0.3) is 16.4 Å². The molecule has 194 valence electrons. The highest BCUT2D eigenvalue weighted by Gasteiger charge is 2.42. The number of carbonyl (C=O) groups is 1. The van der Waals surface area contributed by atoms with Crippen molar-refractivity contribution in [2.24, 2.45) is 17.8 Å². The number of nitrogens with one attached hydrogen (secondary N) is 1. The predicted molar refractivity (Wildman–Crippen MR) is 141 cm³/mol. The van der Waals surface area contributed by atoms with Crippen LogP contribution in [0.2, 0.25) is 0 Å². The Hall–Kier alpha value is -3.59. The molecule has 3 unspecified atom stereocenters. The topological polar surface area (TPSA) is 67.8 Å². The summed E-state index contributed by atoms with van der Waals surface area (Å²) in [5.41, 5.74) is 4.09. The Morgan fingerprint density at radius 3 is 2.74 bits per heavy atom. The number of halogens is 3. The van der Waals surface area contributed by atoms with E-state index in [-0.39, 0.29) is 11.8 Å². The molecule has 3 heterocycles. The molecule has 3 saturated carbocycles. The van der Waals surface area contributed by atoms with Crippen molar-refractivity contribution in [2.45, 2.75) is 38.3 Å². The second-order valence-electron chi connectivity index (χ2n) is 10.1. The van der Waals surface area contributed by atoms with Crippen LogP contribution in [0.3, 0.4) is 0 Å². The smallest absolute Gasteiger partial charge is 0.302 e. The van der Waals surface area contributed by atoms with Crippen LogP contribution in [0.5, 0.6) is 0 Å². The summed E-state index contributed by atoms with van der Waals surface area (Å²) in [5, 5.41) is 3.63. The molecule has 1 amide bonds. The first-order valence-electron chi connectivity index (χ1n) is 12.7. The Morgan fingerprint density at radius 2 is 2.00 bits per heavy atom. The molecule has 1 aromatic carbocycles. The van der Waals surface area contributed by atoms with E-state index in [0.29, 0.717) is 29.1 Å². The van der Waals surface area contributed by atoms with Crippen molar-refractivity contribution in [3.05, 3.63) is 88.9 Å². The number of amides is 1. The van der Waals surface area contributed by atoms with Gasteiger partial charge in [-0.25, -0.2) is 9.97 Å². The van der Waals surface area contributed by atoms with Gasteiger partial charge in [0.25, 0.3) is 0 Å². The second kappa shape index (κ2) is 9.94. The third-order valence-corrected chi connectivity index (χ3v) is 8.48. The molecule has 3 aromatic heterocycles. The molecule has 3 atom stereocenters. The minimum atomic E-state index is -4.39. The zero-order valence-electron chi connectivity index (χ0n) is 20.4. The van der Waals surface area contributed by atoms with Gasteiger partial charge in [0.2, 0.25) is 5.91 Å². The molecule has 38 heavy (non-hydrogen) atoms. The van der Waals surface area contributed by atoms with Crippen LogP contribution in [-0.4, -0.2) is 20.9 Å². The van der Waals surface area contributed by atoms with Crippen molar-refractivity contribution >= 4 is 38.8 Å². The van der Waals surface area contributed by atoms with Crippen LogP contribution < -0.4 is 5.32 Å². The van der Waals surface area contributed by atoms with Crippen LogP contribution in [-0.2, 0) is 17.4 Å². The molecular formula is C29H25F3N4OS. The number of hydrogen-bond acceptors (Lipinski definition) is 5. The zero-order chi connectivity index (χ0) is 26.3. The van der Waals surface area contributed by atoms with Gasteiger partial charge in [0.05, 0.1) is 5.56 Å². The number of rotatable bonds is 5. The van der Waals surface area contributed by atoms with Gasteiger partial charge in [0.15, 0.2) is 5.13 Å². The molecule has 3 aliphatic carbocycles. The van der Waals surface area contributed by atoms with Crippen molar-refractivity contribution in [2.75, 3.05) is 5.32 Å². The fraction of sp³-hybridized carbons (Fsp3) is 0.310. The number of aromatic nitrogens is 3. The summed E-state index contributed by atoms with van der Waals surface area (Å²) in [6, 6.07) is 14.3. The lowest BCUT2D eigenvalue weighted by atomic mass is 9.62. The van der Waals surface area contributed by atoms with Gasteiger partial charge in [-0.2, -0.15) is 13.2 Å². The van der Waals surface area contributed by atoms with Gasteiger partial charge in [-0.15, -0.1) is 0 Å². The van der Waals surface area contributed by atoms with E-state index in [1.165, 1.54) is 23.0 Å². The van der Waals surface area contributed by atoms with Crippen molar-refractivity contribution in [3.63, 3.8) is 0 Å². The average Bonchev–Trinajstić information content (AvgIpc) is 3.31. The SMILES string of the molecule is O=C(Nc1nc2cccnc2s1)C1CC2CCC1C/C2=C\c1cccc(Cc2ccc(C(F)(F)F)cn2)c1. The maximum Gasteiger partial charge on any atom is 0.417 e. The summed E-state index contributed by atoms with van der Waals surface area (Å²) < 4.78 is 38.5. The summed E-state index contributed by atoms with van der Waals surface area (Å²) >= 11 is 1.40. The van der Waals surface area contributed by atoms with E-state index in [4.69, 9.17) is 0 Å². The molecule has 0 radical (unpaired) electrons. The molecular weight excluding hydrogens is 509 g/mol. The van der Waals surface area contributed by atoms with E-state index < -0.39 is 11.7 Å². The molecule has 7 rings (SSSR count). The maximum absolute atomic E-state index is 13.1. The standard InChI is InChI=1S/C29H25F3N4OS/c30-29(31,32)22-8-9-23(34-16-22)13-18-4-1-3-17(11-18)12-21-14-20-7-6-19(21)15-24(20)26(37)36-28-35-25-5-2-10-33-27(25)38-28/h1-5,8-12,16,19-20,24H,6-7,13-15H2,(H,35,36,37)/b21-12+. The fourth-order valence-electron chi connectivity index (χ4n) is 5.72. The lowest BCUT2D eigenvalue weighted by Gasteiger charge is -2.43. The highest BCUT2D eigenvalue weighted by molar-refractivity contribution is 7.21. The number of benzene rings is 1. The summed E-state index contributed by atoms with van der Waals surface area (Å²) in [4.78, 5) is 26.8. The predicted octanol–water partition coefficient (Wildman–Crippen LogP) is 7.15. The number of anilines is 1. The highest BCUT2D eigenvalue weighted by Crippen LogP contribution is 2.49. The van der Waals surface area contributed by atoms with Crippen LogP contribution in [0.1, 0.15) is 48.1 Å². The summed E-state index contributed by atoms with van der Waals surface area (Å²) in [6.45, 7) is 0. The Bertz CT molecular complexity index is 1480. The van der Waals surface area contributed by atoms with Crippen LogP contribution in [0, 0.1) is 17.8 Å². The van der Waals surface area contributed by atoms with Crippen molar-refractivity contribution in [3.8, 4) is 0 Å². The van der Waals surface area contributed by atoms with E-state index >= 15 is 0 Å². The van der Waals surface area contributed by atoms with Crippen LogP contribution in [0.15, 0.2) is 66.5 Å². The Kier molecular flexibility index (Phi) is 6.47. The van der Waals surface area contributed by atoms with E-state index in [2.05, 4.69) is 32.4 Å². The van der Waals surface area contributed by atoms with Gasteiger partial charge in [0.1, 0.15) is 10.3 Å². The molecule has 4 aromatic rings. The second-order valence-corrected chi connectivity index (χ2v) is 11.1. The van der Waals surface area contributed by atoms with Crippen molar-refractivity contribution in [1.29, 1.82) is 0 Å². The zero-order valence-corrected chi connectivity index (χ0v) is 21.2. The number of allylic oxidation sites excluding steroid dienone is 1. The first-order valence-corrected chi connectivity index (χ1v) is 13.5. The van der Waals surface area contributed by atoms with E-state index in [1.54, 1.807) is 6.20 Å². The Morgan fingerprint density at radius 1 is 1.11 bits per heavy atom. The van der Waals surface area contributed by atoms with E-state index in [9.17, 15) is 18.0 Å². The number of thiazole rings is 1. The molecule has 2 bridgehead atoms. The number of nitrogens with zero attached hydrogens (tertiary/aromatic N) is 3. The van der Waals surface area contributed by atoms with E-state index in [0.717, 1.165) is 59.4 Å². The third-order valence-electron chi connectivity index (χ3n) is 7.59. The number of pyridine rings is 2. The molecule has 0 aliphatic heterocycles. The van der Waals surface area contributed by atoms with Crippen LogP contribution in [0.4, 0.5) is 18.3 Å². The number of carbonyl (C=O) groups excluding carboxylic acids is 1. The third kappa shape index (κ3) is 5.20. The average molecular weight is 535 g/mol. The summed E-state index contributed by atoms with van der Waals surface area (Å²) in [5.74, 6) is 0.693. The molecule has 1 N–H and O–H groups in total.